The van der Waals surface area contributed by atoms with Gasteiger partial charge in [0.2, 0.25) is 11.7 Å². The Kier molecular flexibility index (Phi) is 4.88. The van der Waals surface area contributed by atoms with E-state index in [-0.39, 0.29) is 28.3 Å². The van der Waals surface area contributed by atoms with Crippen LogP contribution in [0.5, 0.6) is 5.88 Å². The zero-order valence-corrected chi connectivity index (χ0v) is 17.5. The van der Waals surface area contributed by atoms with E-state index in [0.717, 1.165) is 43.7 Å². The number of rotatable bonds is 8. The normalized spacial score (nSPS) is 26.5. The molecule has 2 saturated carbocycles. The molecule has 11 heteroatoms. The Hall–Kier alpha value is -3.08. The molecule has 6 rings (SSSR count). The lowest BCUT2D eigenvalue weighted by molar-refractivity contribution is 0.0154. The molecule has 3 N–H and O–H groups in total. The number of amidine groups is 1. The van der Waals surface area contributed by atoms with Crippen LogP contribution in [0.25, 0.3) is 5.78 Å². The first kappa shape index (κ1) is 20.8. The van der Waals surface area contributed by atoms with E-state index >= 15 is 0 Å². The fourth-order valence-electron chi connectivity index (χ4n) is 4.50. The largest absolute Gasteiger partial charge is 0.477 e. The van der Waals surface area contributed by atoms with Crippen molar-refractivity contribution in [3.8, 4) is 5.88 Å². The third kappa shape index (κ3) is 3.92. The van der Waals surface area contributed by atoms with E-state index in [9.17, 15) is 13.6 Å². The second-order valence-corrected chi connectivity index (χ2v) is 9.09. The first-order valence-electron chi connectivity index (χ1n) is 10.5. The summed E-state index contributed by atoms with van der Waals surface area (Å²) in [5.74, 6) is 0.0424. The van der Waals surface area contributed by atoms with Crippen LogP contribution in [-0.2, 0) is 10.2 Å². The number of carbonyl (C=O) groups excluding carboxylic acids is 1. The third-order valence-electron chi connectivity index (χ3n) is 6.20. The van der Waals surface area contributed by atoms with Gasteiger partial charge in [-0.25, -0.2) is 4.98 Å². The summed E-state index contributed by atoms with van der Waals surface area (Å²) in [5, 5.41) is 11.9. The average molecular weight is 446 g/mol. The van der Waals surface area contributed by atoms with Crippen molar-refractivity contribution in [2.24, 2.45) is 5.92 Å². The van der Waals surface area contributed by atoms with Crippen LogP contribution in [0.15, 0.2) is 24.7 Å². The first-order chi connectivity index (χ1) is 15.3. The number of hydrogen-bond donors (Lipinski definition) is 3. The number of aromatic nitrogens is 3. The van der Waals surface area contributed by atoms with Crippen LogP contribution < -0.4 is 15.4 Å². The molecule has 0 atom stereocenters. The second-order valence-electron chi connectivity index (χ2n) is 9.09. The Labute approximate surface area is 182 Å². The number of hydrogen-bond acceptors (Lipinski definition) is 7. The molecule has 2 saturated heterocycles. The summed E-state index contributed by atoms with van der Waals surface area (Å²) < 4.78 is 37.7. The fourth-order valence-corrected chi connectivity index (χ4v) is 4.50. The van der Waals surface area contributed by atoms with Gasteiger partial charge in [0.05, 0.1) is 24.5 Å². The van der Waals surface area contributed by atoms with E-state index < -0.39 is 12.5 Å². The van der Waals surface area contributed by atoms with Gasteiger partial charge in [-0.05, 0) is 44.6 Å². The summed E-state index contributed by atoms with van der Waals surface area (Å²) >= 11 is 0. The number of amides is 1. The van der Waals surface area contributed by atoms with Gasteiger partial charge in [-0.3, -0.25) is 14.6 Å². The van der Waals surface area contributed by atoms with Crippen LogP contribution >= 0.6 is 0 Å². The second kappa shape index (κ2) is 7.51. The maximum absolute atomic E-state index is 12.8. The molecule has 2 bridgehead atoms. The van der Waals surface area contributed by atoms with Crippen molar-refractivity contribution in [2.45, 2.75) is 50.2 Å². The monoisotopic (exact) mass is 446 g/mol. The van der Waals surface area contributed by atoms with Crippen LogP contribution in [0.1, 0.15) is 48.7 Å². The summed E-state index contributed by atoms with van der Waals surface area (Å²) in [6, 6.07) is 0. The molecule has 0 unspecified atom stereocenters. The summed E-state index contributed by atoms with van der Waals surface area (Å²) in [5.41, 5.74) is 0.810. The molecular weight excluding hydrogens is 422 g/mol. The molecule has 4 heterocycles. The van der Waals surface area contributed by atoms with Crippen LogP contribution in [-0.4, -0.2) is 51.5 Å². The van der Waals surface area contributed by atoms with Crippen molar-refractivity contribution in [3.05, 3.63) is 35.9 Å². The topological polar surface area (TPSA) is 114 Å². The van der Waals surface area contributed by atoms with Gasteiger partial charge in [0.1, 0.15) is 11.4 Å². The molecule has 0 aromatic carbocycles. The van der Waals surface area contributed by atoms with E-state index in [1.165, 1.54) is 0 Å². The lowest BCUT2D eigenvalue weighted by Gasteiger charge is -2.41. The Morgan fingerprint density at radius 1 is 1.41 bits per heavy atom. The third-order valence-corrected chi connectivity index (χ3v) is 6.20. The standard InChI is InChI=1S/C21H24F2N6O3/c1-20-9-21(10-20,11-32-20)14-7-29-6-13(16(30)27-15(24)4-5-25-18(22)23)17(28-19(29)26-14)31-8-12-2-3-12/h4-7,12,18,25H,2-3,8-11H2,1H3,(H2,24,27,30)/b5-4-. The number of alkyl halides is 2. The molecule has 4 aliphatic rings. The highest BCUT2D eigenvalue weighted by molar-refractivity contribution is 6.09. The van der Waals surface area contributed by atoms with Gasteiger partial charge >= 0.3 is 6.55 Å². The van der Waals surface area contributed by atoms with Crippen LogP contribution in [0, 0.1) is 11.3 Å². The molecule has 9 nitrogen and oxygen atoms in total. The summed E-state index contributed by atoms with van der Waals surface area (Å²) in [7, 11) is 0. The molecule has 2 aromatic heterocycles. The molecule has 170 valence electrons. The van der Waals surface area contributed by atoms with E-state index in [1.54, 1.807) is 15.9 Å². The maximum Gasteiger partial charge on any atom is 0.312 e. The number of imidazole rings is 1. The summed E-state index contributed by atoms with van der Waals surface area (Å²) in [6.07, 6.45) is 9.32. The van der Waals surface area contributed by atoms with Crippen LogP contribution in [0.4, 0.5) is 8.78 Å². The van der Waals surface area contributed by atoms with Gasteiger partial charge in [-0.1, -0.05) is 0 Å². The predicted octanol–water partition coefficient (Wildman–Crippen LogP) is 2.37. The number of halogens is 2. The maximum atomic E-state index is 12.8. The van der Waals surface area contributed by atoms with Gasteiger partial charge < -0.3 is 20.1 Å². The molecule has 0 radical (unpaired) electrons. The number of fused-ring (bicyclic) bond motifs is 2. The van der Waals surface area contributed by atoms with Crippen LogP contribution in [0.3, 0.4) is 0 Å². The van der Waals surface area contributed by atoms with Gasteiger partial charge in [0, 0.05) is 24.0 Å². The molecule has 2 aliphatic carbocycles. The van der Waals surface area contributed by atoms with Gasteiger partial charge in [-0.2, -0.15) is 13.8 Å². The van der Waals surface area contributed by atoms with Crippen molar-refractivity contribution in [1.29, 1.82) is 5.41 Å². The molecule has 0 spiro atoms. The zero-order chi connectivity index (χ0) is 22.5. The number of nitrogens with one attached hydrogen (secondary N) is 3. The van der Waals surface area contributed by atoms with E-state index in [4.69, 9.17) is 14.9 Å². The molecular formula is C21H24F2N6O3. The highest BCUT2D eigenvalue weighted by atomic mass is 19.3. The van der Waals surface area contributed by atoms with Crippen molar-refractivity contribution in [1.82, 2.24) is 25.0 Å². The zero-order valence-electron chi connectivity index (χ0n) is 17.5. The fraction of sp³-hybridized carbons (Fsp3) is 0.524. The van der Waals surface area contributed by atoms with Crippen molar-refractivity contribution in [3.63, 3.8) is 0 Å². The van der Waals surface area contributed by atoms with E-state index in [2.05, 4.69) is 22.2 Å². The minimum Gasteiger partial charge on any atom is -0.477 e. The van der Waals surface area contributed by atoms with Crippen molar-refractivity contribution in [2.75, 3.05) is 13.2 Å². The Morgan fingerprint density at radius 2 is 2.19 bits per heavy atom. The minimum atomic E-state index is -2.75. The highest BCUT2D eigenvalue weighted by Gasteiger charge is 2.61. The van der Waals surface area contributed by atoms with E-state index in [1.807, 2.05) is 6.20 Å². The average Bonchev–Trinajstić information content (AvgIpc) is 3.20. The molecule has 1 amide bonds. The lowest BCUT2D eigenvalue weighted by atomic mass is 9.62. The summed E-state index contributed by atoms with van der Waals surface area (Å²) in [4.78, 5) is 22.0. The Bertz CT molecular complexity index is 1100. The van der Waals surface area contributed by atoms with Crippen molar-refractivity contribution < 1.29 is 23.0 Å². The predicted molar refractivity (Wildman–Crippen MR) is 110 cm³/mol. The molecule has 2 aliphatic heterocycles. The van der Waals surface area contributed by atoms with Crippen LogP contribution in [0.2, 0.25) is 0 Å². The number of carbonyl (C=O) groups is 1. The molecule has 4 fully saturated rings. The molecule has 32 heavy (non-hydrogen) atoms. The summed E-state index contributed by atoms with van der Waals surface area (Å²) in [6.45, 7) is 0.404. The minimum absolute atomic E-state index is 0.0835. The highest BCUT2D eigenvalue weighted by Crippen LogP contribution is 2.58. The van der Waals surface area contributed by atoms with Crippen molar-refractivity contribution >= 4 is 17.5 Å². The molecule has 2 aromatic rings. The Morgan fingerprint density at radius 3 is 2.84 bits per heavy atom. The van der Waals surface area contributed by atoms with E-state index in [0.29, 0.717) is 24.9 Å². The number of ether oxygens (including phenoxy) is 2. The lowest BCUT2D eigenvalue weighted by Crippen LogP contribution is -2.45. The number of nitrogens with zero attached hydrogens (tertiary/aromatic N) is 3. The quantitative estimate of drug-likeness (QED) is 0.326. The first-order valence-corrected chi connectivity index (χ1v) is 10.5. The SMILES string of the molecule is CC12CC(c3cn4cc(C(=O)NC(=N)/C=C\NC(F)F)c(OCC5CC5)nc4n3)(CO1)C2. The smallest absolute Gasteiger partial charge is 0.312 e. The Balaban J connectivity index is 1.40. The van der Waals surface area contributed by atoms with Gasteiger partial charge in [0.15, 0.2) is 0 Å². The van der Waals surface area contributed by atoms with Gasteiger partial charge in [-0.15, -0.1) is 0 Å². The van der Waals surface area contributed by atoms with Gasteiger partial charge in [0.25, 0.3) is 5.91 Å².